The maximum absolute atomic E-state index is 11.9. The van der Waals surface area contributed by atoms with Gasteiger partial charge in [-0.05, 0) is 31.5 Å². The summed E-state index contributed by atoms with van der Waals surface area (Å²) in [5, 5.41) is 12.0. The van der Waals surface area contributed by atoms with Crippen molar-refractivity contribution in [1.82, 2.24) is 5.32 Å². The Labute approximate surface area is 105 Å². The van der Waals surface area contributed by atoms with Crippen LogP contribution in [0.15, 0.2) is 24.3 Å². The highest BCUT2D eigenvalue weighted by molar-refractivity contribution is 5.27. The summed E-state index contributed by atoms with van der Waals surface area (Å²) < 4.78 is 28.1. The first-order valence-electron chi connectivity index (χ1n) is 5.59. The number of nitrogens with zero attached hydrogens (tertiary/aromatic N) is 1. The van der Waals surface area contributed by atoms with Gasteiger partial charge in [0.2, 0.25) is 0 Å². The number of nitriles is 1. The van der Waals surface area contributed by atoms with E-state index in [1.165, 1.54) is 12.1 Å². The van der Waals surface area contributed by atoms with Crippen LogP contribution < -0.4 is 10.1 Å². The molecule has 1 N–H and O–H groups in total. The number of benzene rings is 1. The molecule has 0 fully saturated rings. The standard InChI is InChI=1S/C13H16F2N2O/c1-13(2,8-16)9-17-7-10-3-5-11(6-4-10)18-12(14)15/h3-6,12,17H,7,9H2,1-2H3. The van der Waals surface area contributed by atoms with E-state index in [0.717, 1.165) is 5.56 Å². The average Bonchev–Trinajstić information content (AvgIpc) is 2.30. The van der Waals surface area contributed by atoms with Gasteiger partial charge < -0.3 is 10.1 Å². The van der Waals surface area contributed by atoms with E-state index >= 15 is 0 Å². The Morgan fingerprint density at radius 1 is 1.33 bits per heavy atom. The molecule has 0 aliphatic carbocycles. The minimum Gasteiger partial charge on any atom is -0.435 e. The SMILES string of the molecule is CC(C)(C#N)CNCc1ccc(OC(F)F)cc1. The van der Waals surface area contributed by atoms with Crippen molar-refractivity contribution in [3.8, 4) is 11.8 Å². The molecule has 0 heterocycles. The predicted molar refractivity (Wildman–Crippen MR) is 64.2 cm³/mol. The molecule has 0 bridgehead atoms. The first kappa shape index (κ1) is 14.4. The van der Waals surface area contributed by atoms with E-state index in [1.54, 1.807) is 12.1 Å². The molecule has 1 aromatic carbocycles. The zero-order chi connectivity index (χ0) is 13.6. The molecule has 98 valence electrons. The minimum absolute atomic E-state index is 0.145. The van der Waals surface area contributed by atoms with Crippen LogP contribution in [0.3, 0.4) is 0 Å². The second kappa shape index (κ2) is 6.31. The molecule has 0 amide bonds. The van der Waals surface area contributed by atoms with Gasteiger partial charge in [-0.15, -0.1) is 0 Å². The molecule has 0 aromatic heterocycles. The molecular formula is C13H16F2N2O. The van der Waals surface area contributed by atoms with Crippen molar-refractivity contribution >= 4 is 0 Å². The van der Waals surface area contributed by atoms with Crippen LogP contribution in [0.25, 0.3) is 0 Å². The van der Waals surface area contributed by atoms with Gasteiger partial charge in [-0.3, -0.25) is 0 Å². The number of hydrogen-bond acceptors (Lipinski definition) is 3. The fourth-order valence-electron chi connectivity index (χ4n) is 1.35. The Balaban J connectivity index is 2.43. The first-order valence-corrected chi connectivity index (χ1v) is 5.59. The van der Waals surface area contributed by atoms with E-state index in [0.29, 0.717) is 13.1 Å². The highest BCUT2D eigenvalue weighted by Gasteiger charge is 2.15. The highest BCUT2D eigenvalue weighted by atomic mass is 19.3. The summed E-state index contributed by atoms with van der Waals surface area (Å²) in [6, 6.07) is 8.61. The molecule has 0 atom stereocenters. The molecule has 0 aliphatic heterocycles. The lowest BCUT2D eigenvalue weighted by atomic mass is 9.96. The molecule has 0 saturated carbocycles. The summed E-state index contributed by atoms with van der Waals surface area (Å²) >= 11 is 0. The quantitative estimate of drug-likeness (QED) is 0.849. The fourth-order valence-corrected chi connectivity index (χ4v) is 1.35. The van der Waals surface area contributed by atoms with Gasteiger partial charge in [-0.1, -0.05) is 12.1 Å². The van der Waals surface area contributed by atoms with Gasteiger partial charge in [0.25, 0.3) is 0 Å². The van der Waals surface area contributed by atoms with Crippen LogP contribution in [0.2, 0.25) is 0 Å². The third kappa shape index (κ3) is 5.11. The van der Waals surface area contributed by atoms with Crippen LogP contribution in [0.1, 0.15) is 19.4 Å². The summed E-state index contributed by atoms with van der Waals surface area (Å²) in [5.74, 6) is 0.145. The largest absolute Gasteiger partial charge is 0.435 e. The number of ether oxygens (including phenoxy) is 1. The topological polar surface area (TPSA) is 45.0 Å². The van der Waals surface area contributed by atoms with Crippen molar-refractivity contribution in [2.75, 3.05) is 6.54 Å². The molecule has 0 radical (unpaired) electrons. The molecule has 0 unspecified atom stereocenters. The average molecular weight is 254 g/mol. The molecule has 1 rings (SSSR count). The Bertz CT molecular complexity index is 410. The van der Waals surface area contributed by atoms with Gasteiger partial charge in [0.1, 0.15) is 5.75 Å². The van der Waals surface area contributed by atoms with E-state index in [-0.39, 0.29) is 5.75 Å². The second-order valence-corrected chi connectivity index (χ2v) is 4.62. The zero-order valence-electron chi connectivity index (χ0n) is 10.4. The summed E-state index contributed by atoms with van der Waals surface area (Å²) in [4.78, 5) is 0. The molecule has 0 aliphatic rings. The Hall–Kier alpha value is -1.67. The smallest absolute Gasteiger partial charge is 0.387 e. The fraction of sp³-hybridized carbons (Fsp3) is 0.462. The molecule has 5 heteroatoms. The van der Waals surface area contributed by atoms with Crippen molar-refractivity contribution in [3.63, 3.8) is 0 Å². The summed E-state index contributed by atoms with van der Waals surface area (Å²) in [5.41, 5.74) is 0.531. The van der Waals surface area contributed by atoms with Crippen molar-refractivity contribution < 1.29 is 13.5 Å². The third-order valence-electron chi connectivity index (χ3n) is 2.35. The summed E-state index contributed by atoms with van der Waals surface area (Å²) in [6.07, 6.45) is 0. The van der Waals surface area contributed by atoms with E-state index in [9.17, 15) is 8.78 Å². The first-order chi connectivity index (χ1) is 8.43. The molecular weight excluding hydrogens is 238 g/mol. The number of rotatable bonds is 6. The van der Waals surface area contributed by atoms with Crippen LogP contribution in [-0.2, 0) is 6.54 Å². The Morgan fingerprint density at radius 3 is 2.44 bits per heavy atom. The molecule has 0 saturated heterocycles. The lowest BCUT2D eigenvalue weighted by molar-refractivity contribution is -0.0498. The van der Waals surface area contributed by atoms with Crippen LogP contribution in [0.5, 0.6) is 5.75 Å². The number of nitrogens with one attached hydrogen (secondary N) is 1. The predicted octanol–water partition coefficient (Wildman–Crippen LogP) is 2.93. The minimum atomic E-state index is -2.80. The lowest BCUT2D eigenvalue weighted by Gasteiger charge is -2.15. The zero-order valence-corrected chi connectivity index (χ0v) is 10.4. The molecule has 0 spiro atoms. The van der Waals surface area contributed by atoms with Gasteiger partial charge in [-0.2, -0.15) is 14.0 Å². The van der Waals surface area contributed by atoms with Gasteiger partial charge in [0.15, 0.2) is 0 Å². The van der Waals surface area contributed by atoms with Crippen molar-refractivity contribution in [2.45, 2.75) is 27.0 Å². The van der Waals surface area contributed by atoms with E-state index in [2.05, 4.69) is 16.1 Å². The molecule has 3 nitrogen and oxygen atoms in total. The second-order valence-electron chi connectivity index (χ2n) is 4.62. The van der Waals surface area contributed by atoms with E-state index in [1.807, 2.05) is 13.8 Å². The van der Waals surface area contributed by atoms with Crippen molar-refractivity contribution in [2.24, 2.45) is 5.41 Å². The van der Waals surface area contributed by atoms with Gasteiger partial charge >= 0.3 is 6.61 Å². The van der Waals surface area contributed by atoms with Gasteiger partial charge in [-0.25, -0.2) is 0 Å². The normalized spacial score (nSPS) is 11.3. The third-order valence-corrected chi connectivity index (χ3v) is 2.35. The highest BCUT2D eigenvalue weighted by Crippen LogP contribution is 2.15. The molecule has 18 heavy (non-hydrogen) atoms. The van der Waals surface area contributed by atoms with Crippen molar-refractivity contribution in [3.05, 3.63) is 29.8 Å². The lowest BCUT2D eigenvalue weighted by Crippen LogP contribution is -2.27. The van der Waals surface area contributed by atoms with Crippen molar-refractivity contribution in [1.29, 1.82) is 5.26 Å². The van der Waals surface area contributed by atoms with Crippen LogP contribution >= 0.6 is 0 Å². The van der Waals surface area contributed by atoms with E-state index < -0.39 is 12.0 Å². The van der Waals surface area contributed by atoms with Crippen LogP contribution in [-0.4, -0.2) is 13.2 Å². The Kier molecular flexibility index (Phi) is 5.05. The summed E-state index contributed by atoms with van der Waals surface area (Å²) in [6.45, 7) is 2.04. The monoisotopic (exact) mass is 254 g/mol. The maximum Gasteiger partial charge on any atom is 0.387 e. The van der Waals surface area contributed by atoms with Gasteiger partial charge in [0, 0.05) is 13.1 Å². The number of hydrogen-bond donors (Lipinski definition) is 1. The number of halogens is 2. The Morgan fingerprint density at radius 2 is 1.94 bits per heavy atom. The maximum atomic E-state index is 11.9. The van der Waals surface area contributed by atoms with Crippen LogP contribution in [0, 0.1) is 16.7 Å². The molecule has 1 aromatic rings. The van der Waals surface area contributed by atoms with E-state index in [4.69, 9.17) is 5.26 Å². The summed E-state index contributed by atoms with van der Waals surface area (Å²) in [7, 11) is 0. The number of alkyl halides is 2. The van der Waals surface area contributed by atoms with Gasteiger partial charge in [0.05, 0.1) is 11.5 Å². The van der Waals surface area contributed by atoms with Crippen LogP contribution in [0.4, 0.5) is 8.78 Å².